The third-order valence-corrected chi connectivity index (χ3v) is 7.49. The van der Waals surface area contributed by atoms with Gasteiger partial charge in [0.05, 0.1) is 11.5 Å². The fourth-order valence-corrected chi connectivity index (χ4v) is 6.17. The molecule has 0 aromatic heterocycles. The first kappa shape index (κ1) is 23.2. The second kappa shape index (κ2) is 9.32. The Morgan fingerprint density at radius 2 is 1.80 bits per heavy atom. The van der Waals surface area contributed by atoms with E-state index >= 15 is 0 Å². The molecule has 1 aliphatic rings. The van der Waals surface area contributed by atoms with Crippen LogP contribution >= 0.6 is 34.8 Å². The Hall–Kier alpha value is -1.51. The topological polar surface area (TPSA) is 89.7 Å². The first-order chi connectivity index (χ1) is 14.1. The molecular weight excluding hydrogens is 471 g/mol. The molecule has 10 heteroatoms. The number of ether oxygens (including phenoxy) is 1. The fourth-order valence-electron chi connectivity index (χ4n) is 3.67. The van der Waals surface area contributed by atoms with E-state index in [-0.39, 0.29) is 34.5 Å². The van der Waals surface area contributed by atoms with Gasteiger partial charge in [-0.1, -0.05) is 40.9 Å². The van der Waals surface area contributed by atoms with Gasteiger partial charge in [0.2, 0.25) is 15.9 Å². The lowest BCUT2D eigenvalue weighted by Crippen LogP contribution is -2.50. The van der Waals surface area contributed by atoms with Gasteiger partial charge >= 0.3 is 0 Å². The quantitative estimate of drug-likeness (QED) is 0.623. The summed E-state index contributed by atoms with van der Waals surface area (Å²) in [5, 5.41) is 0.971. The molecule has 1 atom stereocenters. The predicted molar refractivity (Wildman–Crippen MR) is 118 cm³/mol. The zero-order valence-electron chi connectivity index (χ0n) is 16.0. The van der Waals surface area contributed by atoms with Crippen molar-refractivity contribution >= 4 is 50.7 Å². The van der Waals surface area contributed by atoms with E-state index in [1.807, 2.05) is 0 Å². The van der Waals surface area contributed by atoms with E-state index in [0.717, 1.165) is 0 Å². The molecule has 0 radical (unpaired) electrons. The highest BCUT2D eigenvalue weighted by Crippen LogP contribution is 2.37. The molecular formula is C20H21Cl3N2O4S. The summed E-state index contributed by atoms with van der Waals surface area (Å²) in [6, 6.07) is 11.1. The van der Waals surface area contributed by atoms with Crippen LogP contribution in [0.4, 0.5) is 0 Å². The van der Waals surface area contributed by atoms with Crippen molar-refractivity contribution in [2.24, 2.45) is 11.1 Å². The van der Waals surface area contributed by atoms with E-state index in [9.17, 15) is 13.2 Å². The minimum absolute atomic E-state index is 0.00408. The Bertz CT molecular complexity index is 1030. The summed E-state index contributed by atoms with van der Waals surface area (Å²) in [5.41, 5.74) is 4.73. The monoisotopic (exact) mass is 490 g/mol. The van der Waals surface area contributed by atoms with Gasteiger partial charge in [-0.25, -0.2) is 8.42 Å². The van der Waals surface area contributed by atoms with Crippen LogP contribution in [0.15, 0.2) is 47.4 Å². The summed E-state index contributed by atoms with van der Waals surface area (Å²) in [6.07, 6.45) is 1.15. The van der Waals surface area contributed by atoms with Gasteiger partial charge < -0.3 is 10.5 Å². The molecule has 1 unspecified atom stereocenters. The molecule has 1 amide bonds. The highest BCUT2D eigenvalue weighted by Gasteiger charge is 2.42. The Kier molecular flexibility index (Phi) is 7.20. The Labute approximate surface area is 190 Å². The number of halogens is 3. The molecule has 162 valence electrons. The first-order valence-corrected chi connectivity index (χ1v) is 11.8. The molecule has 2 N–H and O–H groups in total. The van der Waals surface area contributed by atoms with Crippen LogP contribution in [0.25, 0.3) is 0 Å². The Morgan fingerprint density at radius 3 is 2.43 bits per heavy atom. The number of nitrogens with zero attached hydrogens (tertiary/aromatic N) is 1. The number of primary amides is 1. The number of sulfonamides is 1. The van der Waals surface area contributed by atoms with Crippen LogP contribution in [0.2, 0.25) is 15.1 Å². The average Bonchev–Trinajstić information content (AvgIpc) is 2.65. The van der Waals surface area contributed by atoms with Crippen LogP contribution in [-0.2, 0) is 14.8 Å². The zero-order chi connectivity index (χ0) is 21.9. The van der Waals surface area contributed by atoms with Gasteiger partial charge in [-0.2, -0.15) is 4.31 Å². The summed E-state index contributed by atoms with van der Waals surface area (Å²) in [5.74, 6) is 0.0164. The van der Waals surface area contributed by atoms with Crippen molar-refractivity contribution in [3.05, 3.63) is 57.5 Å². The number of piperidine rings is 1. The number of carbonyl (C=O) groups excluding carboxylic acids is 1. The molecule has 2 aromatic carbocycles. The maximum Gasteiger partial charge on any atom is 0.243 e. The minimum Gasteiger partial charge on any atom is -0.493 e. The van der Waals surface area contributed by atoms with Crippen molar-refractivity contribution in [3.8, 4) is 5.75 Å². The SMILES string of the molecule is NC(=O)CC1(COc2cccc(Cl)c2)CCCN(S(=O)(=O)c2cc(Cl)cc(Cl)c2)C1. The van der Waals surface area contributed by atoms with E-state index in [2.05, 4.69) is 0 Å². The maximum absolute atomic E-state index is 13.2. The molecule has 2 aromatic rings. The smallest absolute Gasteiger partial charge is 0.243 e. The lowest BCUT2D eigenvalue weighted by Gasteiger charge is -2.41. The molecule has 3 rings (SSSR count). The standard InChI is InChI=1S/C20H21Cl3N2O4S/c21-14-3-1-4-17(8-14)29-13-20(11-19(24)26)5-2-6-25(12-20)30(27,28)18-9-15(22)7-16(23)10-18/h1,3-4,7-10H,2,5-6,11-13H2,(H2,24,26). The maximum atomic E-state index is 13.2. The van der Waals surface area contributed by atoms with Crippen LogP contribution in [0, 0.1) is 5.41 Å². The molecule has 1 heterocycles. The predicted octanol–water partition coefficient (Wildman–Crippen LogP) is 4.37. The van der Waals surface area contributed by atoms with Gasteiger partial charge in [0.1, 0.15) is 5.75 Å². The lowest BCUT2D eigenvalue weighted by atomic mass is 9.78. The summed E-state index contributed by atoms with van der Waals surface area (Å²) >= 11 is 18.0. The van der Waals surface area contributed by atoms with Crippen LogP contribution in [0.5, 0.6) is 5.75 Å². The summed E-state index contributed by atoms with van der Waals surface area (Å²) < 4.78 is 33.7. The average molecular weight is 492 g/mol. The van der Waals surface area contributed by atoms with Crippen molar-refractivity contribution < 1.29 is 17.9 Å². The molecule has 0 aliphatic carbocycles. The van der Waals surface area contributed by atoms with Crippen LogP contribution in [0.3, 0.4) is 0 Å². The van der Waals surface area contributed by atoms with E-state index in [1.54, 1.807) is 24.3 Å². The van der Waals surface area contributed by atoms with Crippen LogP contribution in [0.1, 0.15) is 19.3 Å². The lowest BCUT2D eigenvalue weighted by molar-refractivity contribution is -0.121. The molecule has 0 spiro atoms. The number of benzene rings is 2. The van der Waals surface area contributed by atoms with Crippen LogP contribution < -0.4 is 10.5 Å². The van der Waals surface area contributed by atoms with Gasteiger partial charge in [0, 0.05) is 40.0 Å². The van der Waals surface area contributed by atoms with Gasteiger partial charge in [-0.3, -0.25) is 4.79 Å². The number of nitrogens with two attached hydrogens (primary N) is 1. The van der Waals surface area contributed by atoms with E-state index in [0.29, 0.717) is 30.2 Å². The number of rotatable bonds is 7. The summed E-state index contributed by atoms with van der Waals surface area (Å²) in [6.45, 7) is 0.520. The summed E-state index contributed by atoms with van der Waals surface area (Å²) in [7, 11) is -3.87. The van der Waals surface area contributed by atoms with Crippen molar-refractivity contribution in [2.45, 2.75) is 24.2 Å². The molecule has 6 nitrogen and oxygen atoms in total. The molecule has 1 aliphatic heterocycles. The number of carbonyl (C=O) groups is 1. The number of hydrogen-bond donors (Lipinski definition) is 1. The van der Waals surface area contributed by atoms with Gasteiger partial charge in [0.25, 0.3) is 0 Å². The van der Waals surface area contributed by atoms with E-state index in [4.69, 9.17) is 45.3 Å². The van der Waals surface area contributed by atoms with E-state index in [1.165, 1.54) is 22.5 Å². The molecule has 30 heavy (non-hydrogen) atoms. The molecule has 0 saturated carbocycles. The fraction of sp³-hybridized carbons (Fsp3) is 0.350. The number of hydrogen-bond acceptors (Lipinski definition) is 4. The zero-order valence-corrected chi connectivity index (χ0v) is 19.1. The number of amides is 1. The molecule has 0 bridgehead atoms. The second-order valence-corrected chi connectivity index (χ2v) is 10.7. The Balaban J connectivity index is 1.86. The highest BCUT2D eigenvalue weighted by molar-refractivity contribution is 7.89. The van der Waals surface area contributed by atoms with Gasteiger partial charge in [-0.15, -0.1) is 0 Å². The largest absolute Gasteiger partial charge is 0.493 e. The normalized spacial score (nSPS) is 20.1. The highest BCUT2D eigenvalue weighted by atomic mass is 35.5. The third kappa shape index (κ3) is 5.59. The Morgan fingerprint density at radius 1 is 1.10 bits per heavy atom. The first-order valence-electron chi connectivity index (χ1n) is 9.23. The van der Waals surface area contributed by atoms with Crippen molar-refractivity contribution in [3.63, 3.8) is 0 Å². The van der Waals surface area contributed by atoms with Crippen LogP contribution in [-0.4, -0.2) is 38.3 Å². The molecule has 1 fully saturated rings. The molecule has 1 saturated heterocycles. The minimum atomic E-state index is -3.87. The van der Waals surface area contributed by atoms with Crippen molar-refractivity contribution in [1.29, 1.82) is 0 Å². The second-order valence-electron chi connectivity index (χ2n) is 7.44. The summed E-state index contributed by atoms with van der Waals surface area (Å²) in [4.78, 5) is 11.8. The van der Waals surface area contributed by atoms with Gasteiger partial charge in [0.15, 0.2) is 0 Å². The third-order valence-electron chi connectivity index (χ3n) is 4.99. The van der Waals surface area contributed by atoms with E-state index < -0.39 is 21.3 Å². The van der Waals surface area contributed by atoms with Crippen molar-refractivity contribution in [2.75, 3.05) is 19.7 Å². The van der Waals surface area contributed by atoms with Gasteiger partial charge in [-0.05, 0) is 49.2 Å². The van der Waals surface area contributed by atoms with Crippen molar-refractivity contribution in [1.82, 2.24) is 4.31 Å².